The van der Waals surface area contributed by atoms with Crippen molar-refractivity contribution in [2.24, 2.45) is 4.99 Å². The molecule has 1 aromatic heterocycles. The first-order valence-electron chi connectivity index (χ1n) is 6.59. The summed E-state index contributed by atoms with van der Waals surface area (Å²) < 4.78 is 5.99. The average molecular weight is 383 g/mol. The van der Waals surface area contributed by atoms with Crippen LogP contribution in [0.5, 0.6) is 5.88 Å². The minimum Gasteiger partial charge on any atom is -0.480 e. The van der Waals surface area contributed by atoms with Crippen molar-refractivity contribution in [3.05, 3.63) is 57.2 Å². The van der Waals surface area contributed by atoms with Crippen LogP contribution in [0, 0.1) is 0 Å². The van der Waals surface area contributed by atoms with Gasteiger partial charge in [-0.15, -0.1) is 0 Å². The summed E-state index contributed by atoms with van der Waals surface area (Å²) in [5, 5.41) is 0.696. The van der Waals surface area contributed by atoms with Crippen LogP contribution in [-0.4, -0.2) is 24.5 Å². The molecular weight excluding hydrogens is 370 g/mol. The first-order chi connectivity index (χ1) is 10.7. The summed E-state index contributed by atoms with van der Waals surface area (Å²) >= 11 is 9.29. The molecule has 0 radical (unpaired) electrons. The molecule has 1 unspecified atom stereocenters. The van der Waals surface area contributed by atoms with Gasteiger partial charge < -0.3 is 4.74 Å². The zero-order chi connectivity index (χ0) is 15.5. The highest BCUT2D eigenvalue weighted by atomic mass is 79.9. The van der Waals surface area contributed by atoms with Gasteiger partial charge in [-0.3, -0.25) is 9.83 Å². The largest absolute Gasteiger partial charge is 0.480 e. The number of hydrogen-bond donors (Lipinski definition) is 1. The molecule has 0 fully saturated rings. The van der Waals surface area contributed by atoms with Crippen molar-refractivity contribution in [2.75, 3.05) is 13.7 Å². The van der Waals surface area contributed by atoms with Crippen molar-refractivity contribution < 1.29 is 9.57 Å². The highest BCUT2D eigenvalue weighted by molar-refractivity contribution is 9.10. The molecule has 22 heavy (non-hydrogen) atoms. The van der Waals surface area contributed by atoms with E-state index >= 15 is 0 Å². The van der Waals surface area contributed by atoms with Crippen LogP contribution in [0.15, 0.2) is 45.9 Å². The Labute approximate surface area is 141 Å². The fraction of sp³-hybridized carbons (Fsp3) is 0.200. The van der Waals surface area contributed by atoms with Gasteiger partial charge in [0.1, 0.15) is 18.3 Å². The number of nitrogens with zero attached hydrogens (tertiary/aromatic N) is 2. The second kappa shape index (κ2) is 6.64. The van der Waals surface area contributed by atoms with Crippen molar-refractivity contribution in [1.82, 2.24) is 10.5 Å². The highest BCUT2D eigenvalue weighted by Crippen LogP contribution is 2.25. The SMILES string of the molecule is COc1nc(C2=NC(c3ccc(Cl)cc3)CON2)ccc1Br. The Bertz CT molecular complexity index is 706. The Morgan fingerprint density at radius 2 is 2.05 bits per heavy atom. The molecule has 1 aromatic carbocycles. The van der Waals surface area contributed by atoms with E-state index in [4.69, 9.17) is 21.2 Å². The monoisotopic (exact) mass is 381 g/mol. The quantitative estimate of drug-likeness (QED) is 0.882. The molecule has 7 heteroatoms. The minimum atomic E-state index is -0.107. The molecule has 0 saturated heterocycles. The van der Waals surface area contributed by atoms with E-state index in [1.165, 1.54) is 0 Å². The van der Waals surface area contributed by atoms with Gasteiger partial charge in [0.2, 0.25) is 5.88 Å². The third-order valence-corrected chi connectivity index (χ3v) is 4.06. The van der Waals surface area contributed by atoms with Gasteiger partial charge in [-0.25, -0.2) is 10.5 Å². The van der Waals surface area contributed by atoms with E-state index in [1.54, 1.807) is 7.11 Å². The summed E-state index contributed by atoms with van der Waals surface area (Å²) in [7, 11) is 1.57. The number of halogens is 2. The van der Waals surface area contributed by atoms with Crippen LogP contribution in [0.3, 0.4) is 0 Å². The second-order valence-corrected chi connectivity index (χ2v) is 5.94. The van der Waals surface area contributed by atoms with E-state index in [-0.39, 0.29) is 6.04 Å². The van der Waals surface area contributed by atoms with E-state index in [9.17, 15) is 0 Å². The fourth-order valence-corrected chi connectivity index (χ4v) is 2.59. The summed E-state index contributed by atoms with van der Waals surface area (Å²) in [5.74, 6) is 1.06. The molecule has 2 aromatic rings. The second-order valence-electron chi connectivity index (χ2n) is 4.65. The Hall–Kier alpha value is -1.63. The lowest BCUT2D eigenvalue weighted by Gasteiger charge is -2.22. The lowest BCUT2D eigenvalue weighted by atomic mass is 10.1. The summed E-state index contributed by atoms with van der Waals surface area (Å²) in [5.41, 5.74) is 4.49. The van der Waals surface area contributed by atoms with E-state index in [0.29, 0.717) is 29.0 Å². The number of nitrogens with one attached hydrogen (secondary N) is 1. The minimum absolute atomic E-state index is 0.107. The summed E-state index contributed by atoms with van der Waals surface area (Å²) in [6.45, 7) is 0.443. The van der Waals surface area contributed by atoms with Crippen molar-refractivity contribution in [3.63, 3.8) is 0 Å². The molecule has 0 saturated carbocycles. The van der Waals surface area contributed by atoms with Crippen molar-refractivity contribution >= 4 is 33.4 Å². The maximum atomic E-state index is 5.92. The third kappa shape index (κ3) is 3.24. The number of aliphatic imine (C=N–C) groups is 1. The molecule has 1 aliphatic rings. The maximum absolute atomic E-state index is 5.92. The molecule has 0 amide bonds. The van der Waals surface area contributed by atoms with Crippen LogP contribution < -0.4 is 10.2 Å². The average Bonchev–Trinajstić information content (AvgIpc) is 2.56. The number of benzene rings is 1. The van der Waals surface area contributed by atoms with Crippen LogP contribution in [0.25, 0.3) is 0 Å². The molecular formula is C15H13BrClN3O2. The lowest BCUT2D eigenvalue weighted by Crippen LogP contribution is -2.33. The number of rotatable bonds is 3. The van der Waals surface area contributed by atoms with E-state index in [0.717, 1.165) is 10.0 Å². The van der Waals surface area contributed by atoms with Gasteiger partial charge in [0.25, 0.3) is 0 Å². The summed E-state index contributed by atoms with van der Waals surface area (Å²) in [6, 6.07) is 11.2. The summed E-state index contributed by atoms with van der Waals surface area (Å²) in [4.78, 5) is 14.5. The van der Waals surface area contributed by atoms with E-state index in [1.807, 2.05) is 36.4 Å². The maximum Gasteiger partial charge on any atom is 0.228 e. The van der Waals surface area contributed by atoms with Gasteiger partial charge in [0.15, 0.2) is 5.84 Å². The molecule has 0 spiro atoms. The first-order valence-corrected chi connectivity index (χ1v) is 7.76. The number of hydroxylamine groups is 1. The molecule has 1 atom stereocenters. The molecule has 2 heterocycles. The predicted octanol–water partition coefficient (Wildman–Crippen LogP) is 3.53. The lowest BCUT2D eigenvalue weighted by molar-refractivity contribution is 0.0620. The first kappa shape index (κ1) is 15.3. The van der Waals surface area contributed by atoms with Crippen LogP contribution in [-0.2, 0) is 4.84 Å². The molecule has 1 aliphatic heterocycles. The van der Waals surface area contributed by atoms with Crippen molar-refractivity contribution in [1.29, 1.82) is 0 Å². The molecule has 3 rings (SSSR count). The number of aromatic nitrogens is 1. The molecule has 0 bridgehead atoms. The smallest absolute Gasteiger partial charge is 0.228 e. The number of hydrogen-bond acceptors (Lipinski definition) is 5. The fourth-order valence-electron chi connectivity index (χ4n) is 2.08. The standard InChI is InChI=1S/C15H13BrClN3O2/c1-21-15-11(16)6-7-12(19-15)14-18-13(8-22-20-14)9-2-4-10(17)5-3-9/h2-7,13H,8H2,1H3,(H,18,20). The Balaban J connectivity index is 1.91. The molecule has 1 N–H and O–H groups in total. The van der Waals surface area contributed by atoms with Gasteiger partial charge in [-0.2, -0.15) is 0 Å². The zero-order valence-electron chi connectivity index (χ0n) is 11.7. The van der Waals surface area contributed by atoms with Gasteiger partial charge in [0, 0.05) is 5.02 Å². The van der Waals surface area contributed by atoms with Gasteiger partial charge >= 0.3 is 0 Å². The van der Waals surface area contributed by atoms with Gasteiger partial charge in [-0.05, 0) is 45.8 Å². The molecule has 0 aliphatic carbocycles. The number of amidine groups is 1. The number of methoxy groups -OCH3 is 1. The Morgan fingerprint density at radius 3 is 2.77 bits per heavy atom. The van der Waals surface area contributed by atoms with Crippen LogP contribution in [0.4, 0.5) is 0 Å². The van der Waals surface area contributed by atoms with Crippen LogP contribution in [0.1, 0.15) is 17.3 Å². The highest BCUT2D eigenvalue weighted by Gasteiger charge is 2.20. The third-order valence-electron chi connectivity index (χ3n) is 3.20. The molecule has 114 valence electrons. The normalized spacial score (nSPS) is 17.6. The molecule has 5 nitrogen and oxygen atoms in total. The summed E-state index contributed by atoms with van der Waals surface area (Å²) in [6.07, 6.45) is 0. The van der Waals surface area contributed by atoms with Crippen molar-refractivity contribution in [3.8, 4) is 5.88 Å². The zero-order valence-corrected chi connectivity index (χ0v) is 14.1. The van der Waals surface area contributed by atoms with E-state index in [2.05, 4.69) is 31.4 Å². The predicted molar refractivity (Wildman–Crippen MR) is 88.3 cm³/mol. The van der Waals surface area contributed by atoms with Crippen LogP contribution in [0.2, 0.25) is 5.02 Å². The number of ether oxygens (including phenoxy) is 1. The van der Waals surface area contributed by atoms with Crippen LogP contribution >= 0.6 is 27.5 Å². The topological polar surface area (TPSA) is 55.7 Å². The van der Waals surface area contributed by atoms with E-state index < -0.39 is 0 Å². The Kier molecular flexibility index (Phi) is 4.61. The number of pyridine rings is 1. The van der Waals surface area contributed by atoms with Gasteiger partial charge in [-0.1, -0.05) is 23.7 Å². The Morgan fingerprint density at radius 1 is 1.27 bits per heavy atom. The van der Waals surface area contributed by atoms with Crippen molar-refractivity contribution in [2.45, 2.75) is 6.04 Å². The van der Waals surface area contributed by atoms with Gasteiger partial charge in [0.05, 0.1) is 11.6 Å².